The Morgan fingerprint density at radius 1 is 1.05 bits per heavy atom. The number of rotatable bonds is 7. The number of hydrogen-bond acceptors (Lipinski definition) is 9. The third kappa shape index (κ3) is 6.27. The normalized spacial score (nSPS) is 18.7. The first-order valence-corrected chi connectivity index (χ1v) is 14.5. The van der Waals surface area contributed by atoms with Crippen LogP contribution < -0.4 is 4.80 Å². The summed E-state index contributed by atoms with van der Waals surface area (Å²) in [7, 11) is -2.49. The Hall–Kier alpha value is -3.39. The minimum atomic E-state index is -3.77. The van der Waals surface area contributed by atoms with E-state index >= 15 is 0 Å². The van der Waals surface area contributed by atoms with Crippen LogP contribution in [0.25, 0.3) is 10.2 Å². The molecule has 0 radical (unpaired) electrons. The van der Waals surface area contributed by atoms with E-state index < -0.39 is 27.9 Å². The first-order valence-electron chi connectivity index (χ1n) is 12.3. The summed E-state index contributed by atoms with van der Waals surface area (Å²) >= 11 is 1.12. The molecule has 1 saturated heterocycles. The summed E-state index contributed by atoms with van der Waals surface area (Å²) in [5.41, 5.74) is 1.07. The number of methoxy groups -OCH3 is 1. The van der Waals surface area contributed by atoms with Crippen molar-refractivity contribution in [3.8, 4) is 0 Å². The van der Waals surface area contributed by atoms with Crippen LogP contribution in [0.1, 0.15) is 41.5 Å². The Morgan fingerprint density at radius 2 is 1.69 bits per heavy atom. The van der Waals surface area contributed by atoms with Gasteiger partial charge in [-0.1, -0.05) is 11.3 Å². The van der Waals surface area contributed by atoms with Gasteiger partial charge in [-0.15, -0.1) is 0 Å². The van der Waals surface area contributed by atoms with Crippen molar-refractivity contribution in [2.75, 3.05) is 26.8 Å². The SMILES string of the molecule is CCOC(=O)Cn1c(=NC(=O)c2ccc(S(=O)(=O)N3CC(C)OC(C)C3)cc2)sc2cc(C(=O)OC)ccc21. The van der Waals surface area contributed by atoms with Gasteiger partial charge in [-0.2, -0.15) is 9.30 Å². The lowest BCUT2D eigenvalue weighted by Gasteiger charge is -2.34. The maximum Gasteiger partial charge on any atom is 0.337 e. The maximum atomic E-state index is 13.1. The zero-order valence-electron chi connectivity index (χ0n) is 21.9. The molecule has 13 heteroatoms. The molecule has 2 heterocycles. The van der Waals surface area contributed by atoms with Crippen molar-refractivity contribution >= 4 is 49.4 Å². The number of thiazole rings is 1. The van der Waals surface area contributed by atoms with Crippen LogP contribution in [0, 0.1) is 0 Å². The van der Waals surface area contributed by atoms with E-state index in [1.165, 1.54) is 40.2 Å². The van der Waals surface area contributed by atoms with Gasteiger partial charge in [-0.3, -0.25) is 9.59 Å². The third-order valence-corrected chi connectivity index (χ3v) is 8.91. The molecule has 0 N–H and O–H groups in total. The van der Waals surface area contributed by atoms with Crippen molar-refractivity contribution in [1.29, 1.82) is 0 Å². The van der Waals surface area contributed by atoms with E-state index in [-0.39, 0.29) is 53.7 Å². The molecule has 4 rings (SSSR count). The highest BCUT2D eigenvalue weighted by atomic mass is 32.2. The van der Waals surface area contributed by atoms with Crippen LogP contribution in [-0.4, -0.2) is 74.2 Å². The zero-order chi connectivity index (χ0) is 28.3. The summed E-state index contributed by atoms with van der Waals surface area (Å²) < 4.78 is 45.3. The number of carbonyl (C=O) groups excluding carboxylic acids is 3. The quantitative estimate of drug-likeness (QED) is 0.393. The predicted octanol–water partition coefficient (Wildman–Crippen LogP) is 2.59. The van der Waals surface area contributed by atoms with Crippen LogP contribution in [0.3, 0.4) is 0 Å². The van der Waals surface area contributed by atoms with Gasteiger partial charge >= 0.3 is 11.9 Å². The van der Waals surface area contributed by atoms with E-state index in [0.29, 0.717) is 15.8 Å². The number of benzene rings is 2. The molecule has 1 amide bonds. The second kappa shape index (κ2) is 11.8. The van der Waals surface area contributed by atoms with Gasteiger partial charge in [0.2, 0.25) is 10.0 Å². The van der Waals surface area contributed by atoms with E-state index in [0.717, 1.165) is 11.3 Å². The monoisotopic (exact) mass is 575 g/mol. The smallest absolute Gasteiger partial charge is 0.337 e. The van der Waals surface area contributed by atoms with Gasteiger partial charge in [0.25, 0.3) is 5.91 Å². The minimum Gasteiger partial charge on any atom is -0.465 e. The van der Waals surface area contributed by atoms with E-state index in [1.807, 2.05) is 13.8 Å². The Labute approximate surface area is 229 Å². The van der Waals surface area contributed by atoms with Crippen LogP contribution >= 0.6 is 11.3 Å². The molecule has 1 aliphatic heterocycles. The topological polar surface area (TPSA) is 134 Å². The van der Waals surface area contributed by atoms with Crippen LogP contribution in [0.15, 0.2) is 52.4 Å². The fraction of sp³-hybridized carbons (Fsp3) is 0.385. The third-order valence-electron chi connectivity index (χ3n) is 6.02. The van der Waals surface area contributed by atoms with Crippen molar-refractivity contribution in [3.05, 3.63) is 58.4 Å². The van der Waals surface area contributed by atoms with E-state index in [4.69, 9.17) is 14.2 Å². The molecule has 3 aromatic rings. The number of carbonyl (C=O) groups is 3. The Bertz CT molecular complexity index is 1560. The van der Waals surface area contributed by atoms with Crippen LogP contribution in [-0.2, 0) is 35.6 Å². The number of ether oxygens (including phenoxy) is 3. The summed E-state index contributed by atoms with van der Waals surface area (Å²) in [6.45, 7) is 5.82. The largest absolute Gasteiger partial charge is 0.465 e. The molecule has 0 bridgehead atoms. The van der Waals surface area contributed by atoms with Gasteiger partial charge in [-0.05, 0) is 63.2 Å². The first-order chi connectivity index (χ1) is 18.5. The van der Waals surface area contributed by atoms with Gasteiger partial charge in [0.15, 0.2) is 4.80 Å². The Kier molecular flexibility index (Phi) is 8.64. The predicted molar refractivity (Wildman–Crippen MR) is 143 cm³/mol. The molecule has 1 aliphatic rings. The fourth-order valence-electron chi connectivity index (χ4n) is 4.29. The van der Waals surface area contributed by atoms with Crippen molar-refractivity contribution in [2.45, 2.75) is 44.4 Å². The first kappa shape index (κ1) is 28.6. The minimum absolute atomic E-state index is 0.0647. The van der Waals surface area contributed by atoms with Crippen LogP contribution in [0.5, 0.6) is 0 Å². The Balaban J connectivity index is 1.67. The zero-order valence-corrected chi connectivity index (χ0v) is 23.6. The lowest BCUT2D eigenvalue weighted by Crippen LogP contribution is -2.48. The van der Waals surface area contributed by atoms with Crippen molar-refractivity contribution in [3.63, 3.8) is 0 Å². The molecule has 1 fully saturated rings. The molecule has 2 unspecified atom stereocenters. The lowest BCUT2D eigenvalue weighted by atomic mass is 10.2. The average molecular weight is 576 g/mol. The molecule has 208 valence electrons. The number of aromatic nitrogens is 1. The molecule has 0 saturated carbocycles. The lowest BCUT2D eigenvalue weighted by molar-refractivity contribution is -0.143. The van der Waals surface area contributed by atoms with Crippen molar-refractivity contribution in [2.24, 2.45) is 4.99 Å². The van der Waals surface area contributed by atoms with Gasteiger partial charge in [0.05, 0.1) is 46.6 Å². The number of nitrogens with zero attached hydrogens (tertiary/aromatic N) is 3. The second-order valence-corrected chi connectivity index (χ2v) is 11.9. The maximum absolute atomic E-state index is 13.1. The number of hydrogen-bond donors (Lipinski definition) is 0. The summed E-state index contributed by atoms with van der Waals surface area (Å²) in [6.07, 6.45) is -0.455. The molecular weight excluding hydrogens is 546 g/mol. The Morgan fingerprint density at radius 3 is 2.31 bits per heavy atom. The van der Waals surface area contributed by atoms with Crippen LogP contribution in [0.4, 0.5) is 0 Å². The fourth-order valence-corrected chi connectivity index (χ4v) is 6.95. The summed E-state index contributed by atoms with van der Waals surface area (Å²) in [4.78, 5) is 41.8. The number of fused-ring (bicyclic) bond motifs is 1. The number of morpholine rings is 1. The van der Waals surface area contributed by atoms with E-state index in [2.05, 4.69) is 4.99 Å². The highest BCUT2D eigenvalue weighted by Crippen LogP contribution is 2.23. The molecular formula is C26H29N3O8S2. The number of esters is 2. The molecule has 0 spiro atoms. The standard InChI is InChI=1S/C26H29N3O8S2/c1-5-36-23(30)15-29-21-11-8-19(25(32)35-4)12-22(21)38-26(29)27-24(31)18-6-9-20(10-7-18)39(33,34)28-13-16(2)37-17(3)14-28/h6-12,16-17H,5,13-15H2,1-4H3. The molecule has 2 atom stereocenters. The summed E-state index contributed by atoms with van der Waals surface area (Å²) in [6, 6.07) is 10.4. The summed E-state index contributed by atoms with van der Waals surface area (Å²) in [5, 5.41) is 0. The number of amides is 1. The van der Waals surface area contributed by atoms with E-state index in [1.54, 1.807) is 25.1 Å². The van der Waals surface area contributed by atoms with Gasteiger partial charge in [0.1, 0.15) is 6.54 Å². The van der Waals surface area contributed by atoms with Gasteiger partial charge in [0, 0.05) is 18.7 Å². The molecule has 1 aromatic heterocycles. The highest BCUT2D eigenvalue weighted by molar-refractivity contribution is 7.89. The average Bonchev–Trinajstić information content (AvgIpc) is 3.23. The molecule has 39 heavy (non-hydrogen) atoms. The molecule has 11 nitrogen and oxygen atoms in total. The number of sulfonamides is 1. The van der Waals surface area contributed by atoms with Crippen molar-refractivity contribution in [1.82, 2.24) is 8.87 Å². The van der Waals surface area contributed by atoms with E-state index in [9.17, 15) is 22.8 Å². The highest BCUT2D eigenvalue weighted by Gasteiger charge is 2.32. The van der Waals surface area contributed by atoms with Crippen molar-refractivity contribution < 1.29 is 37.0 Å². The molecule has 0 aliphatic carbocycles. The molecule has 2 aromatic carbocycles. The summed E-state index contributed by atoms with van der Waals surface area (Å²) in [5.74, 6) is -1.65. The van der Waals surface area contributed by atoms with Gasteiger partial charge in [-0.25, -0.2) is 13.2 Å². The van der Waals surface area contributed by atoms with Gasteiger partial charge < -0.3 is 18.8 Å². The van der Waals surface area contributed by atoms with Crippen LogP contribution in [0.2, 0.25) is 0 Å². The second-order valence-electron chi connectivity index (χ2n) is 8.97.